The molecule has 0 aromatic heterocycles. The molecule has 0 aliphatic carbocycles. The van der Waals surface area contributed by atoms with Gasteiger partial charge in [0.15, 0.2) is 0 Å². The Kier molecular flexibility index (Phi) is 2.80. The fourth-order valence-corrected chi connectivity index (χ4v) is 1.39. The number of aliphatic carboxylic acids is 1. The third kappa shape index (κ3) is 2.58. The first-order valence-electron chi connectivity index (χ1n) is 3.97. The van der Waals surface area contributed by atoms with Crippen molar-refractivity contribution < 1.29 is 23.1 Å². The molecule has 2 N–H and O–H groups in total. The molecule has 13 heavy (non-hydrogen) atoms. The number of carboxylic acids is 1. The molecule has 0 unspecified atom stereocenters. The van der Waals surface area contributed by atoms with Gasteiger partial charge in [0.25, 0.3) is 0 Å². The summed E-state index contributed by atoms with van der Waals surface area (Å²) in [6.07, 6.45) is -3.81. The van der Waals surface area contributed by atoms with Crippen LogP contribution in [-0.2, 0) is 4.79 Å². The van der Waals surface area contributed by atoms with E-state index in [2.05, 4.69) is 5.32 Å². The molecule has 1 fully saturated rings. The first-order valence-corrected chi connectivity index (χ1v) is 3.97. The Morgan fingerprint density at radius 3 is 2.46 bits per heavy atom. The number of halogens is 3. The zero-order valence-corrected chi connectivity index (χ0v) is 6.77. The highest BCUT2D eigenvalue weighted by molar-refractivity contribution is 5.73. The second-order valence-corrected chi connectivity index (χ2v) is 3.08. The number of alkyl halides is 3. The Morgan fingerprint density at radius 2 is 2.00 bits per heavy atom. The summed E-state index contributed by atoms with van der Waals surface area (Å²) in [5.74, 6) is -1.21. The van der Waals surface area contributed by atoms with Gasteiger partial charge in [-0.05, 0) is 19.3 Å². The lowest BCUT2D eigenvalue weighted by Gasteiger charge is -2.29. The Labute approximate surface area is 72.9 Å². The molecular formula is C7H10F3NO2. The topological polar surface area (TPSA) is 49.3 Å². The Morgan fingerprint density at radius 1 is 1.38 bits per heavy atom. The van der Waals surface area contributed by atoms with Crippen LogP contribution in [0, 0.1) is 0 Å². The molecule has 0 saturated carbocycles. The van der Waals surface area contributed by atoms with Gasteiger partial charge >= 0.3 is 12.1 Å². The molecule has 0 bridgehead atoms. The predicted octanol–water partition coefficient (Wildman–Crippen LogP) is 1.14. The van der Waals surface area contributed by atoms with Gasteiger partial charge in [-0.3, -0.25) is 10.1 Å². The minimum absolute atomic E-state index is 0.0344. The third-order valence-corrected chi connectivity index (χ3v) is 2.08. The van der Waals surface area contributed by atoms with E-state index in [0.717, 1.165) is 0 Å². The van der Waals surface area contributed by atoms with E-state index in [0.29, 0.717) is 6.42 Å². The number of hydrogen-bond acceptors (Lipinski definition) is 2. The van der Waals surface area contributed by atoms with E-state index in [4.69, 9.17) is 5.11 Å². The third-order valence-electron chi connectivity index (χ3n) is 2.08. The van der Waals surface area contributed by atoms with Crippen molar-refractivity contribution in [3.05, 3.63) is 0 Å². The van der Waals surface area contributed by atoms with E-state index < -0.39 is 24.2 Å². The maximum absolute atomic E-state index is 12.1. The predicted molar refractivity (Wildman–Crippen MR) is 38.3 cm³/mol. The van der Waals surface area contributed by atoms with Crippen LogP contribution in [-0.4, -0.2) is 29.3 Å². The summed E-state index contributed by atoms with van der Waals surface area (Å²) in [6.45, 7) is 0. The maximum atomic E-state index is 12.1. The molecule has 1 saturated heterocycles. The lowest BCUT2D eigenvalue weighted by atomic mass is 9.98. The first kappa shape index (κ1) is 10.3. The number of hydrogen-bond donors (Lipinski definition) is 2. The lowest BCUT2D eigenvalue weighted by Crippen LogP contribution is -2.53. The number of carbonyl (C=O) groups is 1. The van der Waals surface area contributed by atoms with Gasteiger partial charge in [0.2, 0.25) is 0 Å². The molecule has 0 aromatic carbocycles. The van der Waals surface area contributed by atoms with Crippen molar-refractivity contribution in [3.8, 4) is 0 Å². The van der Waals surface area contributed by atoms with E-state index in [1.54, 1.807) is 0 Å². The molecule has 3 nitrogen and oxygen atoms in total. The van der Waals surface area contributed by atoms with Crippen LogP contribution in [0.1, 0.15) is 19.3 Å². The highest BCUT2D eigenvalue weighted by atomic mass is 19.4. The highest BCUT2D eigenvalue weighted by Crippen LogP contribution is 2.27. The molecule has 1 rings (SSSR count). The van der Waals surface area contributed by atoms with Crippen LogP contribution in [0.5, 0.6) is 0 Å². The fraction of sp³-hybridized carbons (Fsp3) is 0.857. The zero-order chi connectivity index (χ0) is 10.1. The summed E-state index contributed by atoms with van der Waals surface area (Å²) in [4.78, 5) is 10.4. The van der Waals surface area contributed by atoms with Gasteiger partial charge in [-0.15, -0.1) is 0 Å². The average molecular weight is 197 g/mol. The molecule has 0 spiro atoms. The second kappa shape index (κ2) is 3.53. The highest BCUT2D eigenvalue weighted by Gasteiger charge is 2.43. The van der Waals surface area contributed by atoms with Gasteiger partial charge in [-0.1, -0.05) is 0 Å². The molecule has 6 heteroatoms. The summed E-state index contributed by atoms with van der Waals surface area (Å²) >= 11 is 0. The van der Waals surface area contributed by atoms with Crippen LogP contribution < -0.4 is 5.32 Å². The van der Waals surface area contributed by atoms with E-state index in [1.165, 1.54) is 0 Å². The van der Waals surface area contributed by atoms with E-state index in [-0.39, 0.29) is 12.8 Å². The second-order valence-electron chi connectivity index (χ2n) is 3.08. The van der Waals surface area contributed by atoms with Crippen molar-refractivity contribution in [2.75, 3.05) is 0 Å². The first-order chi connectivity index (χ1) is 5.91. The standard InChI is InChI=1S/C7H10F3NO2/c8-7(9,10)5-3-1-2-4(11-5)6(12)13/h4-5,11H,1-3H2,(H,12,13)/t4-,5-/m0/s1. The molecular weight excluding hydrogens is 187 g/mol. The summed E-state index contributed by atoms with van der Waals surface area (Å²) in [7, 11) is 0. The fourth-order valence-electron chi connectivity index (χ4n) is 1.39. The molecule has 0 radical (unpaired) electrons. The van der Waals surface area contributed by atoms with E-state index >= 15 is 0 Å². The maximum Gasteiger partial charge on any atom is 0.403 e. The van der Waals surface area contributed by atoms with Crippen LogP contribution in [0.4, 0.5) is 13.2 Å². The van der Waals surface area contributed by atoms with Crippen LogP contribution >= 0.6 is 0 Å². The molecule has 1 heterocycles. The minimum Gasteiger partial charge on any atom is -0.480 e. The Balaban J connectivity index is 2.57. The Bertz CT molecular complexity index is 204. The van der Waals surface area contributed by atoms with Crippen molar-refractivity contribution >= 4 is 5.97 Å². The normalized spacial score (nSPS) is 30.1. The van der Waals surface area contributed by atoms with Gasteiger partial charge < -0.3 is 5.11 Å². The van der Waals surface area contributed by atoms with Gasteiger partial charge in [-0.2, -0.15) is 13.2 Å². The molecule has 1 aliphatic heterocycles. The number of carboxylic acid groups (broad SMARTS) is 1. The lowest BCUT2D eigenvalue weighted by molar-refractivity contribution is -0.167. The molecule has 0 amide bonds. The number of nitrogens with one attached hydrogen (secondary N) is 1. The monoisotopic (exact) mass is 197 g/mol. The molecule has 2 atom stereocenters. The SMILES string of the molecule is O=C(O)[C@@H]1CCC[C@@H](C(F)(F)F)N1. The van der Waals surface area contributed by atoms with Crippen molar-refractivity contribution in [2.24, 2.45) is 0 Å². The van der Waals surface area contributed by atoms with Gasteiger partial charge in [0, 0.05) is 0 Å². The minimum atomic E-state index is -4.34. The molecule has 0 aromatic rings. The van der Waals surface area contributed by atoms with Crippen molar-refractivity contribution in [1.29, 1.82) is 0 Å². The van der Waals surface area contributed by atoms with Crippen LogP contribution in [0.2, 0.25) is 0 Å². The van der Waals surface area contributed by atoms with Crippen LogP contribution in [0.15, 0.2) is 0 Å². The average Bonchev–Trinajstić information content (AvgIpc) is 2.03. The largest absolute Gasteiger partial charge is 0.480 e. The number of piperidine rings is 1. The number of rotatable bonds is 1. The smallest absolute Gasteiger partial charge is 0.403 e. The van der Waals surface area contributed by atoms with Gasteiger partial charge in [0.1, 0.15) is 12.1 Å². The van der Waals surface area contributed by atoms with Crippen molar-refractivity contribution in [3.63, 3.8) is 0 Å². The van der Waals surface area contributed by atoms with E-state index in [1.807, 2.05) is 0 Å². The van der Waals surface area contributed by atoms with Crippen molar-refractivity contribution in [1.82, 2.24) is 5.32 Å². The van der Waals surface area contributed by atoms with E-state index in [9.17, 15) is 18.0 Å². The summed E-state index contributed by atoms with van der Waals surface area (Å²) in [5.41, 5.74) is 0. The van der Waals surface area contributed by atoms with Crippen molar-refractivity contribution in [2.45, 2.75) is 37.5 Å². The quantitative estimate of drug-likeness (QED) is 0.662. The van der Waals surface area contributed by atoms with Gasteiger partial charge in [-0.25, -0.2) is 0 Å². The zero-order valence-electron chi connectivity index (χ0n) is 6.77. The molecule has 76 valence electrons. The van der Waals surface area contributed by atoms with Crippen LogP contribution in [0.3, 0.4) is 0 Å². The van der Waals surface area contributed by atoms with Gasteiger partial charge in [0.05, 0.1) is 0 Å². The van der Waals surface area contributed by atoms with Crippen LogP contribution in [0.25, 0.3) is 0 Å². The summed E-state index contributed by atoms with van der Waals surface area (Å²) < 4.78 is 36.4. The summed E-state index contributed by atoms with van der Waals surface area (Å²) in [6, 6.07) is -2.72. The Hall–Kier alpha value is -0.780. The molecule has 1 aliphatic rings. The summed E-state index contributed by atoms with van der Waals surface area (Å²) in [5, 5.41) is 10.6.